The molecule has 2 aromatic carbocycles. The summed E-state index contributed by atoms with van der Waals surface area (Å²) in [5, 5.41) is 0.739. The molecular weight excluding hydrogens is 586 g/mol. The van der Waals surface area contributed by atoms with Crippen LogP contribution < -0.4 is 14.4 Å². The largest absolute Gasteiger partial charge is 0.490 e. The van der Waals surface area contributed by atoms with Crippen molar-refractivity contribution in [1.82, 2.24) is 9.62 Å². The molecule has 10 heteroatoms. The normalized spacial score (nSPS) is 30.8. The number of amides is 1. The summed E-state index contributed by atoms with van der Waals surface area (Å²) in [5.74, 6) is 0.830. The van der Waals surface area contributed by atoms with Crippen molar-refractivity contribution in [3.05, 3.63) is 64.7 Å². The first-order valence-corrected chi connectivity index (χ1v) is 17.3. The van der Waals surface area contributed by atoms with Crippen LogP contribution in [0.1, 0.15) is 50.7 Å². The maximum absolute atomic E-state index is 13.6. The number of carbonyl (C=O) groups excluding carboxylic acids is 1. The van der Waals surface area contributed by atoms with Crippen molar-refractivity contribution in [3.8, 4) is 5.75 Å². The van der Waals surface area contributed by atoms with Gasteiger partial charge in [0.1, 0.15) is 5.75 Å². The number of likely N-dealkylation sites (N-methyl/N-ethyl adjacent to an activating group) is 1. The van der Waals surface area contributed by atoms with Crippen molar-refractivity contribution >= 4 is 33.2 Å². The van der Waals surface area contributed by atoms with E-state index in [1.807, 2.05) is 17.9 Å². The maximum Gasteiger partial charge on any atom is 0.264 e. The Kier molecular flexibility index (Phi) is 8.54. The van der Waals surface area contributed by atoms with Crippen LogP contribution in [0.5, 0.6) is 5.75 Å². The third-order valence-electron chi connectivity index (χ3n) is 10.2. The van der Waals surface area contributed by atoms with Crippen molar-refractivity contribution in [2.75, 3.05) is 44.8 Å². The topological polar surface area (TPSA) is 88.2 Å². The molecular formula is C33H42ClN3O5S. The molecule has 1 amide bonds. The van der Waals surface area contributed by atoms with E-state index in [-0.39, 0.29) is 16.4 Å². The molecule has 0 saturated heterocycles. The quantitative estimate of drug-likeness (QED) is 0.472. The number of benzene rings is 2. The first-order valence-electron chi connectivity index (χ1n) is 15.4. The molecule has 1 fully saturated rings. The number of hydrogen-bond acceptors (Lipinski definition) is 7. The third kappa shape index (κ3) is 5.81. The van der Waals surface area contributed by atoms with Gasteiger partial charge in [-0.3, -0.25) is 9.69 Å². The number of ether oxygens (including phenoxy) is 2. The van der Waals surface area contributed by atoms with Crippen LogP contribution in [0.2, 0.25) is 5.02 Å². The Morgan fingerprint density at radius 3 is 2.77 bits per heavy atom. The van der Waals surface area contributed by atoms with Gasteiger partial charge < -0.3 is 14.4 Å². The van der Waals surface area contributed by atoms with Gasteiger partial charge in [-0.05, 0) is 98.9 Å². The molecule has 43 heavy (non-hydrogen) atoms. The zero-order chi connectivity index (χ0) is 30.4. The highest BCUT2D eigenvalue weighted by Crippen LogP contribution is 2.47. The lowest BCUT2D eigenvalue weighted by Gasteiger charge is -2.46. The lowest BCUT2D eigenvalue weighted by atomic mass is 9.68. The zero-order valence-corrected chi connectivity index (χ0v) is 26.8. The molecule has 4 aliphatic rings. The lowest BCUT2D eigenvalue weighted by Crippen LogP contribution is -2.50. The van der Waals surface area contributed by atoms with Gasteiger partial charge in [0.25, 0.3) is 15.9 Å². The number of rotatable bonds is 2. The van der Waals surface area contributed by atoms with Gasteiger partial charge in [-0.2, -0.15) is 0 Å². The summed E-state index contributed by atoms with van der Waals surface area (Å²) in [6, 6.07) is 10.5. The summed E-state index contributed by atoms with van der Waals surface area (Å²) in [6.07, 6.45) is 9.27. The van der Waals surface area contributed by atoms with Crippen LogP contribution in [0.15, 0.2) is 53.4 Å². The maximum atomic E-state index is 13.6. The number of aryl methyl sites for hydroxylation is 1. The molecule has 0 unspecified atom stereocenters. The second-order valence-corrected chi connectivity index (χ2v) is 14.7. The SMILES string of the molecule is CCN1CC=C[C@@H](OC)[C@@H]2CC[C@H]2CN2C[C@@]3(CCCc4cc(Cl)ccc43)COc3ccc(cc32)S(=O)(=O)NC(=O)[C@H]1C. The van der Waals surface area contributed by atoms with Gasteiger partial charge >= 0.3 is 0 Å². The van der Waals surface area contributed by atoms with E-state index in [1.54, 1.807) is 32.2 Å². The molecule has 5 atom stereocenters. The minimum atomic E-state index is -4.11. The van der Waals surface area contributed by atoms with Gasteiger partial charge in [0.2, 0.25) is 0 Å². The van der Waals surface area contributed by atoms with Gasteiger partial charge in [-0.15, -0.1) is 0 Å². The van der Waals surface area contributed by atoms with Crippen LogP contribution in [0, 0.1) is 11.8 Å². The van der Waals surface area contributed by atoms with Crippen molar-refractivity contribution < 1.29 is 22.7 Å². The fraction of sp³-hybridized carbons (Fsp3) is 0.545. The fourth-order valence-electron chi connectivity index (χ4n) is 7.53. The first-order chi connectivity index (χ1) is 20.6. The number of sulfonamides is 1. The molecule has 2 aliphatic heterocycles. The van der Waals surface area contributed by atoms with Gasteiger partial charge in [0, 0.05) is 37.2 Å². The molecule has 1 spiro atoms. The molecule has 2 bridgehead atoms. The van der Waals surface area contributed by atoms with E-state index in [0.717, 1.165) is 49.4 Å². The fourth-order valence-corrected chi connectivity index (χ4v) is 8.79. The molecule has 2 aliphatic carbocycles. The number of anilines is 1. The van der Waals surface area contributed by atoms with E-state index in [2.05, 4.69) is 33.9 Å². The predicted octanol–water partition coefficient (Wildman–Crippen LogP) is 4.94. The van der Waals surface area contributed by atoms with Crippen LogP contribution in [0.25, 0.3) is 0 Å². The van der Waals surface area contributed by atoms with Crippen LogP contribution in [0.3, 0.4) is 0 Å². The Morgan fingerprint density at radius 1 is 1.19 bits per heavy atom. The van der Waals surface area contributed by atoms with Crippen molar-refractivity contribution in [2.24, 2.45) is 11.8 Å². The Balaban J connectivity index is 1.44. The second kappa shape index (κ2) is 12.1. The Hall–Kier alpha value is -2.59. The second-order valence-electron chi connectivity index (χ2n) is 12.6. The summed E-state index contributed by atoms with van der Waals surface area (Å²) in [5.41, 5.74) is 3.01. The number of nitrogens with zero attached hydrogens (tertiary/aromatic N) is 2. The molecule has 0 aromatic heterocycles. The monoisotopic (exact) mass is 627 g/mol. The summed E-state index contributed by atoms with van der Waals surface area (Å²) in [7, 11) is -2.34. The summed E-state index contributed by atoms with van der Waals surface area (Å²) in [6.45, 7) is 6.78. The van der Waals surface area contributed by atoms with E-state index in [9.17, 15) is 13.2 Å². The number of fused-ring (bicyclic) bond motifs is 4. The summed E-state index contributed by atoms with van der Waals surface area (Å²) in [4.78, 5) is 17.5. The van der Waals surface area contributed by atoms with E-state index in [0.29, 0.717) is 43.8 Å². The first kappa shape index (κ1) is 30.4. The zero-order valence-electron chi connectivity index (χ0n) is 25.2. The summed E-state index contributed by atoms with van der Waals surface area (Å²) < 4.78 is 42.0. The minimum Gasteiger partial charge on any atom is -0.490 e. The number of nitrogens with one attached hydrogen (secondary N) is 1. The number of carbonyl (C=O) groups is 1. The minimum absolute atomic E-state index is 0.0320. The van der Waals surface area contributed by atoms with Crippen LogP contribution in [-0.4, -0.2) is 71.3 Å². The lowest BCUT2D eigenvalue weighted by molar-refractivity contribution is -0.123. The Bertz CT molecular complexity index is 1510. The van der Waals surface area contributed by atoms with Crippen molar-refractivity contribution in [2.45, 2.75) is 68.4 Å². The molecule has 6 rings (SSSR count). The van der Waals surface area contributed by atoms with Gasteiger partial charge in [-0.25, -0.2) is 13.1 Å². The average molecular weight is 628 g/mol. The van der Waals surface area contributed by atoms with E-state index in [1.165, 1.54) is 11.1 Å². The van der Waals surface area contributed by atoms with Crippen LogP contribution >= 0.6 is 11.6 Å². The van der Waals surface area contributed by atoms with Crippen LogP contribution in [-0.2, 0) is 31.4 Å². The van der Waals surface area contributed by atoms with Gasteiger partial charge in [-0.1, -0.05) is 36.7 Å². The molecule has 1 N–H and O–H groups in total. The molecule has 232 valence electrons. The standard InChI is InChI=1S/C33H42ClN3O5S/c1-4-36-16-6-8-30(41-3)27-12-9-24(27)19-37-20-33(15-5-7-23-17-25(34)10-13-28(23)33)21-42-31-14-11-26(18-29(31)37)43(39,40)35-32(38)22(36)2/h6,8,10-11,13-14,17-18,22,24,27,30H,4-5,7,9,12,15-16,19-21H2,1-3H3,(H,35,38)/t22-,24+,27-,30-,33+/m1/s1. The van der Waals surface area contributed by atoms with Gasteiger partial charge in [0.15, 0.2) is 0 Å². The highest BCUT2D eigenvalue weighted by Gasteiger charge is 2.44. The summed E-state index contributed by atoms with van der Waals surface area (Å²) >= 11 is 6.41. The smallest absolute Gasteiger partial charge is 0.264 e. The highest BCUT2D eigenvalue weighted by molar-refractivity contribution is 7.90. The number of hydrogen-bond donors (Lipinski definition) is 1. The number of halogens is 1. The van der Waals surface area contributed by atoms with E-state index < -0.39 is 22.0 Å². The van der Waals surface area contributed by atoms with Gasteiger partial charge in [0.05, 0.1) is 29.3 Å². The van der Waals surface area contributed by atoms with Crippen molar-refractivity contribution in [1.29, 1.82) is 0 Å². The predicted molar refractivity (Wildman–Crippen MR) is 168 cm³/mol. The molecule has 1 saturated carbocycles. The Labute approximate surface area is 260 Å². The number of methoxy groups -OCH3 is 1. The Morgan fingerprint density at radius 2 is 2.02 bits per heavy atom. The molecule has 2 aromatic rings. The average Bonchev–Trinajstić information content (AvgIpc) is 3.12. The van der Waals surface area contributed by atoms with Crippen molar-refractivity contribution in [3.63, 3.8) is 0 Å². The van der Waals surface area contributed by atoms with E-state index in [4.69, 9.17) is 21.1 Å². The van der Waals surface area contributed by atoms with E-state index >= 15 is 0 Å². The highest BCUT2D eigenvalue weighted by atomic mass is 35.5. The third-order valence-corrected chi connectivity index (χ3v) is 11.8. The molecule has 0 radical (unpaired) electrons. The van der Waals surface area contributed by atoms with Crippen LogP contribution in [0.4, 0.5) is 5.69 Å². The molecule has 2 heterocycles. The molecule has 8 nitrogen and oxygen atoms in total.